The van der Waals surface area contributed by atoms with Crippen molar-refractivity contribution < 1.29 is 18.3 Å². The second kappa shape index (κ2) is 5.27. The normalized spacial score (nSPS) is 18.6. The molecule has 9 heteroatoms. The van der Waals surface area contributed by atoms with E-state index in [1.807, 2.05) is 6.92 Å². The molecule has 0 aromatic carbocycles. The number of hydrogen-bond acceptors (Lipinski definition) is 5. The number of aromatic carboxylic acids is 1. The first kappa shape index (κ1) is 14.0. The van der Waals surface area contributed by atoms with Crippen molar-refractivity contribution in [3.8, 4) is 0 Å². The van der Waals surface area contributed by atoms with Crippen LogP contribution < -0.4 is 0 Å². The Hall–Kier alpha value is -1.45. The Labute approximate surface area is 111 Å². The van der Waals surface area contributed by atoms with Crippen LogP contribution in [0.2, 0.25) is 0 Å². The molecule has 0 unspecified atom stereocenters. The lowest BCUT2D eigenvalue weighted by atomic mass is 10.4. The summed E-state index contributed by atoms with van der Waals surface area (Å²) >= 11 is 0. The van der Waals surface area contributed by atoms with Gasteiger partial charge in [-0.15, -0.1) is 0 Å². The molecule has 0 aliphatic carbocycles. The highest BCUT2D eigenvalue weighted by Crippen LogP contribution is 2.19. The number of nitrogens with one attached hydrogen (secondary N) is 1. The van der Waals surface area contributed by atoms with Gasteiger partial charge in [-0.05, 0) is 6.54 Å². The number of aromatic nitrogens is 2. The molecular formula is C10H16N4O4S. The van der Waals surface area contributed by atoms with Gasteiger partial charge in [0.25, 0.3) is 10.0 Å². The summed E-state index contributed by atoms with van der Waals surface area (Å²) in [7, 11) is -3.82. The van der Waals surface area contributed by atoms with Gasteiger partial charge < -0.3 is 10.0 Å². The summed E-state index contributed by atoms with van der Waals surface area (Å²) in [6.45, 7) is 4.89. The number of piperazine rings is 1. The zero-order valence-corrected chi connectivity index (χ0v) is 11.4. The van der Waals surface area contributed by atoms with E-state index in [1.54, 1.807) is 0 Å². The molecule has 106 valence electrons. The third kappa shape index (κ3) is 2.62. The maximum atomic E-state index is 12.3. The molecule has 8 nitrogen and oxygen atoms in total. The van der Waals surface area contributed by atoms with Crippen LogP contribution in [0.4, 0.5) is 0 Å². The Morgan fingerprint density at radius 2 is 2.05 bits per heavy atom. The number of sulfonamides is 1. The van der Waals surface area contributed by atoms with E-state index >= 15 is 0 Å². The molecule has 19 heavy (non-hydrogen) atoms. The predicted octanol–water partition coefficient (Wildman–Crippen LogP) is -0.566. The largest absolute Gasteiger partial charge is 0.478 e. The van der Waals surface area contributed by atoms with Gasteiger partial charge in [0.05, 0.1) is 6.20 Å². The van der Waals surface area contributed by atoms with E-state index in [0.29, 0.717) is 26.2 Å². The fraction of sp³-hybridized carbons (Fsp3) is 0.600. The van der Waals surface area contributed by atoms with Gasteiger partial charge in [0.2, 0.25) is 0 Å². The molecule has 1 aromatic rings. The van der Waals surface area contributed by atoms with Crippen LogP contribution in [0, 0.1) is 0 Å². The van der Waals surface area contributed by atoms with E-state index in [9.17, 15) is 13.2 Å². The van der Waals surface area contributed by atoms with E-state index in [4.69, 9.17) is 5.11 Å². The summed E-state index contributed by atoms with van der Waals surface area (Å²) in [5, 5.41) is 14.4. The quantitative estimate of drug-likeness (QED) is 0.768. The lowest BCUT2D eigenvalue weighted by Gasteiger charge is -2.32. The maximum absolute atomic E-state index is 12.3. The van der Waals surface area contributed by atoms with Gasteiger partial charge >= 0.3 is 5.97 Å². The lowest BCUT2D eigenvalue weighted by Crippen LogP contribution is -2.48. The number of carboxylic acid groups (broad SMARTS) is 1. The molecular weight excluding hydrogens is 272 g/mol. The second-order valence-corrected chi connectivity index (χ2v) is 6.13. The molecule has 0 atom stereocenters. The van der Waals surface area contributed by atoms with Crippen molar-refractivity contribution in [3.63, 3.8) is 0 Å². The van der Waals surface area contributed by atoms with Crippen LogP contribution in [0.5, 0.6) is 0 Å². The van der Waals surface area contributed by atoms with Gasteiger partial charge in [-0.3, -0.25) is 5.10 Å². The Bertz CT molecular complexity index is 560. The smallest absolute Gasteiger partial charge is 0.340 e. The molecule has 1 aliphatic heterocycles. The minimum Gasteiger partial charge on any atom is -0.478 e. The second-order valence-electron chi connectivity index (χ2n) is 4.26. The minimum absolute atomic E-state index is 0.321. The van der Waals surface area contributed by atoms with E-state index in [0.717, 1.165) is 12.7 Å². The molecule has 0 bridgehead atoms. The fourth-order valence-electron chi connectivity index (χ4n) is 2.04. The van der Waals surface area contributed by atoms with E-state index in [-0.39, 0.29) is 10.6 Å². The Morgan fingerprint density at radius 1 is 1.42 bits per heavy atom. The van der Waals surface area contributed by atoms with E-state index < -0.39 is 16.0 Å². The number of carboxylic acids is 1. The summed E-state index contributed by atoms with van der Waals surface area (Å²) in [6.07, 6.45) is 1.01. The lowest BCUT2D eigenvalue weighted by molar-refractivity contribution is 0.0692. The molecule has 1 fully saturated rings. The first-order valence-corrected chi connectivity index (χ1v) is 7.40. The highest BCUT2D eigenvalue weighted by atomic mass is 32.2. The maximum Gasteiger partial charge on any atom is 0.340 e. The van der Waals surface area contributed by atoms with Crippen LogP contribution in [0.15, 0.2) is 11.2 Å². The molecule has 0 saturated carbocycles. The van der Waals surface area contributed by atoms with Crippen LogP contribution in [0.25, 0.3) is 0 Å². The molecule has 2 heterocycles. The third-order valence-corrected chi connectivity index (χ3v) is 5.08. The van der Waals surface area contributed by atoms with Gasteiger partial charge in [0.15, 0.2) is 5.03 Å². The summed E-state index contributed by atoms with van der Waals surface area (Å²) in [6, 6.07) is 0. The third-order valence-electron chi connectivity index (χ3n) is 3.21. The van der Waals surface area contributed by atoms with E-state index in [1.165, 1.54) is 4.31 Å². The average molecular weight is 288 g/mol. The van der Waals surface area contributed by atoms with Crippen LogP contribution in [0.1, 0.15) is 17.3 Å². The molecule has 2 rings (SSSR count). The van der Waals surface area contributed by atoms with Gasteiger partial charge in [-0.2, -0.15) is 9.40 Å². The van der Waals surface area contributed by atoms with Crippen LogP contribution in [0.3, 0.4) is 0 Å². The number of likely N-dealkylation sites (N-methyl/N-ethyl adjacent to an activating group) is 1. The number of aromatic amines is 1. The fourth-order valence-corrected chi connectivity index (χ4v) is 3.53. The Balaban J connectivity index is 2.23. The van der Waals surface area contributed by atoms with E-state index in [2.05, 4.69) is 15.1 Å². The number of carbonyl (C=O) groups is 1. The van der Waals surface area contributed by atoms with Crippen molar-refractivity contribution in [1.82, 2.24) is 19.4 Å². The molecule has 2 N–H and O–H groups in total. The first-order valence-electron chi connectivity index (χ1n) is 5.96. The summed E-state index contributed by atoms with van der Waals surface area (Å²) in [4.78, 5) is 13.1. The average Bonchev–Trinajstić information content (AvgIpc) is 2.89. The van der Waals surface area contributed by atoms with Gasteiger partial charge in [-0.25, -0.2) is 13.2 Å². The first-order chi connectivity index (χ1) is 8.96. The van der Waals surface area contributed by atoms with Crippen molar-refractivity contribution in [2.45, 2.75) is 11.9 Å². The van der Waals surface area contributed by atoms with Crippen molar-refractivity contribution in [3.05, 3.63) is 11.8 Å². The molecule has 1 aliphatic rings. The van der Waals surface area contributed by atoms with Crippen LogP contribution in [-0.2, 0) is 10.0 Å². The molecule has 1 aromatic heterocycles. The predicted molar refractivity (Wildman–Crippen MR) is 66.4 cm³/mol. The number of hydrogen-bond donors (Lipinski definition) is 2. The van der Waals surface area contributed by atoms with Gasteiger partial charge in [0, 0.05) is 26.2 Å². The minimum atomic E-state index is -3.82. The SMILES string of the molecule is CCN1CCN(S(=O)(=O)c2[nH]ncc2C(=O)O)CC1. The standard InChI is InChI=1S/C10H16N4O4S/c1-2-13-3-5-14(6-4-13)19(17,18)9-8(10(15)16)7-11-12-9/h7H,2-6H2,1H3,(H,11,12)(H,15,16). The number of rotatable bonds is 4. The Kier molecular flexibility index (Phi) is 3.88. The van der Waals surface area contributed by atoms with Crippen molar-refractivity contribution >= 4 is 16.0 Å². The number of nitrogens with zero attached hydrogens (tertiary/aromatic N) is 3. The highest BCUT2D eigenvalue weighted by Gasteiger charge is 2.32. The highest BCUT2D eigenvalue weighted by molar-refractivity contribution is 7.89. The van der Waals surface area contributed by atoms with Crippen molar-refractivity contribution in [1.29, 1.82) is 0 Å². The van der Waals surface area contributed by atoms with Gasteiger partial charge in [0.1, 0.15) is 5.56 Å². The zero-order valence-electron chi connectivity index (χ0n) is 10.5. The number of H-pyrrole nitrogens is 1. The van der Waals surface area contributed by atoms with Crippen LogP contribution in [-0.4, -0.2) is 71.6 Å². The summed E-state index contributed by atoms with van der Waals surface area (Å²) in [5.41, 5.74) is -0.321. The van der Waals surface area contributed by atoms with Crippen molar-refractivity contribution in [2.75, 3.05) is 32.7 Å². The van der Waals surface area contributed by atoms with Gasteiger partial charge in [-0.1, -0.05) is 6.92 Å². The zero-order chi connectivity index (χ0) is 14.0. The summed E-state index contributed by atoms with van der Waals surface area (Å²) < 4.78 is 26.0. The molecule has 0 radical (unpaired) electrons. The molecule has 0 amide bonds. The monoisotopic (exact) mass is 288 g/mol. The summed E-state index contributed by atoms with van der Waals surface area (Å²) in [5.74, 6) is -1.31. The Morgan fingerprint density at radius 3 is 2.58 bits per heavy atom. The topological polar surface area (TPSA) is 107 Å². The molecule has 1 saturated heterocycles. The van der Waals surface area contributed by atoms with Crippen LogP contribution >= 0.6 is 0 Å². The molecule has 0 spiro atoms. The van der Waals surface area contributed by atoms with Crippen molar-refractivity contribution in [2.24, 2.45) is 0 Å².